The number of hydrogen-bond donors (Lipinski definition) is 3. The summed E-state index contributed by atoms with van der Waals surface area (Å²) in [7, 11) is 3.09. The van der Waals surface area contributed by atoms with Crippen LogP contribution in [-0.2, 0) is 6.42 Å². The molecule has 3 rings (SSSR count). The highest BCUT2D eigenvalue weighted by molar-refractivity contribution is 5.94. The largest absolute Gasteiger partial charge is 0.493 e. The predicted octanol–water partition coefficient (Wildman–Crippen LogP) is 2.29. The van der Waals surface area contributed by atoms with E-state index in [1.165, 1.54) is 0 Å². The molecule has 0 saturated carbocycles. The first-order valence-corrected chi connectivity index (χ1v) is 10.3. The standard InChI is InChI=1S/C25H24N6O3/c1-33-21-14-17(13-20-15-30-25(28)31-23(20)27)12-18(22(21)34-2)8-7-16-5-3-6-19(11-16)24(32)29-10-4-9-26/h3,5-6,11-12,14-15H,4,10,13H2,1-2H3,(H,29,32)(H4,27,28,30,31). The second-order valence-corrected chi connectivity index (χ2v) is 7.19. The van der Waals surface area contributed by atoms with Gasteiger partial charge in [-0.1, -0.05) is 17.9 Å². The number of nitrogens with one attached hydrogen (secondary N) is 1. The van der Waals surface area contributed by atoms with Crippen LogP contribution in [0.5, 0.6) is 11.5 Å². The van der Waals surface area contributed by atoms with E-state index in [0.717, 1.165) is 11.1 Å². The van der Waals surface area contributed by atoms with Gasteiger partial charge in [0.1, 0.15) is 5.82 Å². The number of nitriles is 1. The van der Waals surface area contributed by atoms with Crippen molar-refractivity contribution in [2.24, 2.45) is 0 Å². The molecule has 0 radical (unpaired) electrons. The van der Waals surface area contributed by atoms with Gasteiger partial charge in [-0.2, -0.15) is 10.2 Å². The van der Waals surface area contributed by atoms with Crippen molar-refractivity contribution in [3.05, 3.63) is 70.4 Å². The molecule has 2 aromatic carbocycles. The molecule has 3 aromatic rings. The molecule has 34 heavy (non-hydrogen) atoms. The zero-order chi connectivity index (χ0) is 24.5. The van der Waals surface area contributed by atoms with Crippen LogP contribution in [0.4, 0.5) is 11.8 Å². The van der Waals surface area contributed by atoms with E-state index < -0.39 is 0 Å². The maximum atomic E-state index is 12.3. The van der Waals surface area contributed by atoms with E-state index in [4.69, 9.17) is 26.2 Å². The van der Waals surface area contributed by atoms with Crippen LogP contribution in [0.15, 0.2) is 42.6 Å². The molecule has 0 aliphatic rings. The molecule has 0 atom stereocenters. The van der Waals surface area contributed by atoms with Crippen LogP contribution in [0.1, 0.15) is 39.0 Å². The van der Waals surface area contributed by atoms with Crippen LogP contribution in [0.3, 0.4) is 0 Å². The molecule has 9 heteroatoms. The van der Waals surface area contributed by atoms with Crippen molar-refractivity contribution < 1.29 is 14.3 Å². The highest BCUT2D eigenvalue weighted by Crippen LogP contribution is 2.33. The van der Waals surface area contributed by atoms with Crippen LogP contribution in [0, 0.1) is 23.2 Å². The third-order valence-electron chi connectivity index (χ3n) is 4.84. The minimum atomic E-state index is -0.261. The number of aromatic nitrogens is 2. The number of amides is 1. The van der Waals surface area contributed by atoms with Crippen molar-refractivity contribution in [3.8, 4) is 29.4 Å². The molecule has 0 bridgehead atoms. The zero-order valence-corrected chi connectivity index (χ0v) is 18.9. The van der Waals surface area contributed by atoms with Crippen molar-refractivity contribution in [1.29, 1.82) is 5.26 Å². The number of carbonyl (C=O) groups excluding carboxylic acids is 1. The molecule has 5 N–H and O–H groups in total. The Kier molecular flexibility index (Phi) is 7.88. The number of nitrogens with two attached hydrogens (primary N) is 2. The Morgan fingerprint density at radius 3 is 2.68 bits per heavy atom. The molecular weight excluding hydrogens is 432 g/mol. The molecule has 0 fully saturated rings. The molecular formula is C25H24N6O3. The Morgan fingerprint density at radius 2 is 1.97 bits per heavy atom. The summed E-state index contributed by atoms with van der Waals surface area (Å²) >= 11 is 0. The molecule has 0 aliphatic carbocycles. The van der Waals surface area contributed by atoms with Gasteiger partial charge in [0.25, 0.3) is 5.91 Å². The highest BCUT2D eigenvalue weighted by atomic mass is 16.5. The third kappa shape index (κ3) is 5.93. The molecule has 1 amide bonds. The van der Waals surface area contributed by atoms with E-state index in [9.17, 15) is 4.79 Å². The molecule has 0 aliphatic heterocycles. The van der Waals surface area contributed by atoms with E-state index in [1.807, 2.05) is 18.2 Å². The fourth-order valence-corrected chi connectivity index (χ4v) is 3.22. The van der Waals surface area contributed by atoms with Gasteiger partial charge in [0, 0.05) is 35.9 Å². The summed E-state index contributed by atoms with van der Waals surface area (Å²) < 4.78 is 11.0. The van der Waals surface area contributed by atoms with E-state index in [1.54, 1.807) is 44.7 Å². The summed E-state index contributed by atoms with van der Waals surface area (Å²) in [5.41, 5.74) is 14.9. The molecule has 9 nitrogen and oxygen atoms in total. The van der Waals surface area contributed by atoms with Gasteiger partial charge in [0.2, 0.25) is 5.95 Å². The van der Waals surface area contributed by atoms with Gasteiger partial charge >= 0.3 is 0 Å². The smallest absolute Gasteiger partial charge is 0.251 e. The lowest BCUT2D eigenvalue weighted by molar-refractivity contribution is 0.0954. The van der Waals surface area contributed by atoms with Gasteiger partial charge < -0.3 is 26.3 Å². The molecule has 172 valence electrons. The normalized spacial score (nSPS) is 9.91. The number of anilines is 2. The lowest BCUT2D eigenvalue weighted by atomic mass is 10.0. The predicted molar refractivity (Wildman–Crippen MR) is 128 cm³/mol. The van der Waals surface area contributed by atoms with Crippen LogP contribution in [-0.4, -0.2) is 36.6 Å². The monoisotopic (exact) mass is 456 g/mol. The number of carbonyl (C=O) groups is 1. The summed E-state index contributed by atoms with van der Waals surface area (Å²) in [5.74, 6) is 7.35. The summed E-state index contributed by atoms with van der Waals surface area (Å²) in [5, 5.41) is 11.3. The van der Waals surface area contributed by atoms with Gasteiger partial charge in [-0.05, 0) is 35.9 Å². The Labute approximate surface area is 197 Å². The summed E-state index contributed by atoms with van der Waals surface area (Å²) in [6, 6.07) is 12.6. The van der Waals surface area contributed by atoms with Crippen molar-refractivity contribution >= 4 is 17.7 Å². The van der Waals surface area contributed by atoms with Gasteiger partial charge in [0.05, 0.1) is 32.3 Å². The Hall–Kier alpha value is -4.76. The van der Waals surface area contributed by atoms with E-state index >= 15 is 0 Å². The number of hydrogen-bond acceptors (Lipinski definition) is 8. The average Bonchev–Trinajstić information content (AvgIpc) is 2.84. The Balaban J connectivity index is 1.93. The number of rotatable bonds is 7. The number of methoxy groups -OCH3 is 2. The number of ether oxygens (including phenoxy) is 2. The van der Waals surface area contributed by atoms with Gasteiger partial charge in [-0.3, -0.25) is 4.79 Å². The van der Waals surface area contributed by atoms with E-state index in [2.05, 4.69) is 27.1 Å². The SMILES string of the molecule is COc1cc(Cc2cnc(N)nc2N)cc(C#Cc2cccc(C(=O)NCCC#N)c2)c1OC. The van der Waals surface area contributed by atoms with Crippen LogP contribution in [0.2, 0.25) is 0 Å². The van der Waals surface area contributed by atoms with Crippen molar-refractivity contribution in [1.82, 2.24) is 15.3 Å². The first-order valence-electron chi connectivity index (χ1n) is 10.3. The summed E-state index contributed by atoms with van der Waals surface area (Å²) in [6.45, 7) is 0.290. The minimum Gasteiger partial charge on any atom is -0.493 e. The molecule has 0 saturated heterocycles. The van der Waals surface area contributed by atoms with Crippen LogP contribution >= 0.6 is 0 Å². The average molecular weight is 457 g/mol. The van der Waals surface area contributed by atoms with Crippen molar-refractivity contribution in [2.45, 2.75) is 12.8 Å². The second-order valence-electron chi connectivity index (χ2n) is 7.19. The topological polar surface area (TPSA) is 149 Å². The van der Waals surface area contributed by atoms with Crippen LogP contribution < -0.4 is 26.3 Å². The minimum absolute atomic E-state index is 0.112. The Bertz CT molecular complexity index is 1300. The zero-order valence-electron chi connectivity index (χ0n) is 18.9. The third-order valence-corrected chi connectivity index (χ3v) is 4.84. The summed E-state index contributed by atoms with van der Waals surface area (Å²) in [4.78, 5) is 20.3. The van der Waals surface area contributed by atoms with Crippen molar-refractivity contribution in [2.75, 3.05) is 32.2 Å². The Morgan fingerprint density at radius 1 is 1.15 bits per heavy atom. The fraction of sp³-hybridized carbons (Fsp3) is 0.200. The lowest BCUT2D eigenvalue weighted by Crippen LogP contribution is -2.24. The van der Waals surface area contributed by atoms with Crippen molar-refractivity contribution in [3.63, 3.8) is 0 Å². The number of nitrogens with zero attached hydrogens (tertiary/aromatic N) is 3. The molecule has 1 heterocycles. The maximum absolute atomic E-state index is 12.3. The number of nitrogen functional groups attached to an aromatic ring is 2. The van der Waals surface area contributed by atoms with E-state index in [-0.39, 0.29) is 18.3 Å². The quantitative estimate of drug-likeness (QED) is 0.362. The first-order chi connectivity index (χ1) is 16.4. The second kappa shape index (κ2) is 11.2. The first kappa shape index (κ1) is 23.9. The number of benzene rings is 2. The molecule has 1 aromatic heterocycles. The van der Waals surface area contributed by atoms with Gasteiger partial charge in [-0.15, -0.1) is 0 Å². The molecule has 0 unspecified atom stereocenters. The van der Waals surface area contributed by atoms with Gasteiger partial charge in [-0.25, -0.2) is 4.98 Å². The highest BCUT2D eigenvalue weighted by Gasteiger charge is 2.13. The summed E-state index contributed by atoms with van der Waals surface area (Å²) in [6.07, 6.45) is 2.28. The maximum Gasteiger partial charge on any atom is 0.251 e. The lowest BCUT2D eigenvalue weighted by Gasteiger charge is -2.13. The molecule has 0 spiro atoms. The van der Waals surface area contributed by atoms with E-state index in [0.29, 0.717) is 47.0 Å². The van der Waals surface area contributed by atoms with Crippen LogP contribution in [0.25, 0.3) is 0 Å². The fourth-order valence-electron chi connectivity index (χ4n) is 3.22. The van der Waals surface area contributed by atoms with Gasteiger partial charge in [0.15, 0.2) is 11.5 Å².